The number of carbonyl (C=O) groups excluding carboxylic acids is 1. The Morgan fingerprint density at radius 2 is 2.08 bits per heavy atom. The molecule has 0 aliphatic heterocycles. The highest BCUT2D eigenvalue weighted by Crippen LogP contribution is 2.44. The Morgan fingerprint density at radius 3 is 2.71 bits per heavy atom. The maximum Gasteiger partial charge on any atom is 0.251 e. The first-order valence-electron chi connectivity index (χ1n) is 8.32. The summed E-state index contributed by atoms with van der Waals surface area (Å²) in [4.78, 5) is 14.5. The first-order valence-corrected chi connectivity index (χ1v) is 9.14. The maximum absolute atomic E-state index is 13.3. The van der Waals surface area contributed by atoms with Gasteiger partial charge < -0.3 is 10.4 Å². The van der Waals surface area contributed by atoms with Gasteiger partial charge in [0.25, 0.3) is 5.91 Å². The summed E-state index contributed by atoms with van der Waals surface area (Å²) < 4.78 is 13.3. The van der Waals surface area contributed by atoms with Gasteiger partial charge in [-0.2, -0.15) is 0 Å². The molecule has 5 heteroatoms. The van der Waals surface area contributed by atoms with E-state index in [4.69, 9.17) is 0 Å². The van der Waals surface area contributed by atoms with Crippen molar-refractivity contribution in [3.8, 4) is 0 Å². The minimum Gasteiger partial charge on any atom is -0.388 e. The summed E-state index contributed by atoms with van der Waals surface area (Å²) >= 11 is 1.63. The maximum atomic E-state index is 13.3. The smallest absolute Gasteiger partial charge is 0.251 e. The number of halogens is 1. The van der Waals surface area contributed by atoms with E-state index in [0.717, 1.165) is 30.6 Å². The molecule has 2 N–H and O–H groups in total. The SMILES string of the molecule is CC(O)c1ccc(C2(CNC(=O)c3cccc(F)c3)CCCC2)s1. The molecule has 3 nitrogen and oxygen atoms in total. The van der Waals surface area contributed by atoms with Crippen LogP contribution in [0, 0.1) is 5.82 Å². The van der Waals surface area contributed by atoms with Gasteiger partial charge >= 0.3 is 0 Å². The average Bonchev–Trinajstić information content (AvgIpc) is 3.22. The molecule has 1 aliphatic rings. The third kappa shape index (κ3) is 3.52. The third-order valence-electron chi connectivity index (χ3n) is 4.80. The zero-order chi connectivity index (χ0) is 17.2. The van der Waals surface area contributed by atoms with Crippen LogP contribution in [0.3, 0.4) is 0 Å². The second kappa shape index (κ2) is 7.03. The van der Waals surface area contributed by atoms with Gasteiger partial charge in [-0.3, -0.25) is 4.79 Å². The Hall–Kier alpha value is -1.72. The number of aliphatic hydroxyl groups is 1. The number of benzene rings is 1. The molecule has 24 heavy (non-hydrogen) atoms. The Balaban J connectivity index is 1.75. The molecule has 1 fully saturated rings. The Kier molecular flexibility index (Phi) is 5.01. The van der Waals surface area contributed by atoms with Crippen molar-refractivity contribution in [1.82, 2.24) is 5.32 Å². The largest absolute Gasteiger partial charge is 0.388 e. The van der Waals surface area contributed by atoms with Crippen LogP contribution in [0.5, 0.6) is 0 Å². The van der Waals surface area contributed by atoms with Crippen molar-refractivity contribution in [3.05, 3.63) is 57.5 Å². The van der Waals surface area contributed by atoms with Crippen LogP contribution in [0.15, 0.2) is 36.4 Å². The molecular formula is C19H22FNO2S. The number of aliphatic hydroxyl groups excluding tert-OH is 1. The van der Waals surface area contributed by atoms with Crippen molar-refractivity contribution in [2.75, 3.05) is 6.54 Å². The molecule has 2 aromatic rings. The Bertz CT molecular complexity index is 720. The number of thiophene rings is 1. The van der Waals surface area contributed by atoms with Crippen molar-refractivity contribution in [2.45, 2.75) is 44.1 Å². The number of rotatable bonds is 5. The zero-order valence-corrected chi connectivity index (χ0v) is 14.5. The van der Waals surface area contributed by atoms with Crippen LogP contribution in [0.1, 0.15) is 58.8 Å². The molecule has 128 valence electrons. The van der Waals surface area contributed by atoms with Crippen molar-refractivity contribution < 1.29 is 14.3 Å². The van der Waals surface area contributed by atoms with Crippen LogP contribution in [-0.4, -0.2) is 17.6 Å². The van der Waals surface area contributed by atoms with Crippen LogP contribution in [-0.2, 0) is 5.41 Å². The van der Waals surface area contributed by atoms with Gasteiger partial charge in [0.05, 0.1) is 6.10 Å². The molecule has 0 saturated heterocycles. The van der Waals surface area contributed by atoms with E-state index in [1.54, 1.807) is 30.4 Å². The minimum atomic E-state index is -0.468. The normalized spacial score (nSPS) is 17.6. The Morgan fingerprint density at radius 1 is 1.33 bits per heavy atom. The molecule has 0 spiro atoms. The van der Waals surface area contributed by atoms with E-state index in [2.05, 4.69) is 11.4 Å². The van der Waals surface area contributed by atoms with E-state index in [0.29, 0.717) is 12.1 Å². The number of nitrogens with one attached hydrogen (secondary N) is 1. The van der Waals surface area contributed by atoms with Crippen molar-refractivity contribution in [1.29, 1.82) is 0 Å². The fraction of sp³-hybridized carbons (Fsp3) is 0.421. The van der Waals surface area contributed by atoms with Gasteiger partial charge in [-0.25, -0.2) is 4.39 Å². The summed E-state index contributed by atoms with van der Waals surface area (Å²) in [5.41, 5.74) is 0.278. The van der Waals surface area contributed by atoms with Gasteiger partial charge in [-0.1, -0.05) is 18.9 Å². The Labute approximate surface area is 145 Å². The van der Waals surface area contributed by atoms with Gasteiger partial charge in [0.15, 0.2) is 0 Å². The lowest BCUT2D eigenvalue weighted by atomic mass is 9.84. The highest BCUT2D eigenvalue weighted by molar-refractivity contribution is 7.12. The number of hydrogen-bond acceptors (Lipinski definition) is 3. The van der Waals surface area contributed by atoms with Gasteiger partial charge in [0.1, 0.15) is 5.82 Å². The predicted molar refractivity (Wildman–Crippen MR) is 93.8 cm³/mol. The van der Waals surface area contributed by atoms with Crippen molar-refractivity contribution >= 4 is 17.2 Å². The van der Waals surface area contributed by atoms with Gasteiger partial charge in [-0.05, 0) is 50.1 Å². The summed E-state index contributed by atoms with van der Waals surface area (Å²) in [6, 6.07) is 9.80. The number of carbonyl (C=O) groups is 1. The van der Waals surface area contributed by atoms with E-state index in [1.165, 1.54) is 17.0 Å². The van der Waals surface area contributed by atoms with Crippen LogP contribution < -0.4 is 5.32 Å². The summed E-state index contributed by atoms with van der Waals surface area (Å²) in [5.74, 6) is -0.647. The predicted octanol–water partition coefficient (Wildman–Crippen LogP) is 4.18. The molecule has 1 aliphatic carbocycles. The first-order chi connectivity index (χ1) is 11.5. The quantitative estimate of drug-likeness (QED) is 0.852. The third-order valence-corrected chi connectivity index (χ3v) is 6.30. The van der Waals surface area contributed by atoms with Crippen LogP contribution in [0.25, 0.3) is 0 Å². The van der Waals surface area contributed by atoms with E-state index >= 15 is 0 Å². The molecule has 1 aromatic carbocycles. The van der Waals surface area contributed by atoms with E-state index < -0.39 is 11.9 Å². The lowest BCUT2D eigenvalue weighted by Gasteiger charge is -2.28. The molecule has 1 amide bonds. The van der Waals surface area contributed by atoms with Crippen LogP contribution >= 0.6 is 11.3 Å². The zero-order valence-electron chi connectivity index (χ0n) is 13.7. The molecule has 3 rings (SSSR count). The van der Waals surface area contributed by atoms with E-state index in [1.807, 2.05) is 6.07 Å². The summed E-state index contributed by atoms with van der Waals surface area (Å²) in [7, 11) is 0. The molecule has 0 radical (unpaired) electrons. The topological polar surface area (TPSA) is 49.3 Å². The monoisotopic (exact) mass is 347 g/mol. The summed E-state index contributed by atoms with van der Waals surface area (Å²) in [6.45, 7) is 2.31. The highest BCUT2D eigenvalue weighted by atomic mass is 32.1. The van der Waals surface area contributed by atoms with Crippen molar-refractivity contribution in [3.63, 3.8) is 0 Å². The van der Waals surface area contributed by atoms with Gasteiger partial charge in [0.2, 0.25) is 0 Å². The minimum absolute atomic E-state index is 0.0687. The molecular weight excluding hydrogens is 325 g/mol. The fourth-order valence-electron chi connectivity index (χ4n) is 3.41. The fourth-order valence-corrected chi connectivity index (χ4v) is 4.60. The van der Waals surface area contributed by atoms with E-state index in [-0.39, 0.29) is 11.3 Å². The lowest BCUT2D eigenvalue weighted by molar-refractivity contribution is 0.0943. The number of hydrogen-bond donors (Lipinski definition) is 2. The average molecular weight is 347 g/mol. The lowest BCUT2D eigenvalue weighted by Crippen LogP contribution is -2.38. The van der Waals surface area contributed by atoms with Gasteiger partial charge in [0, 0.05) is 27.3 Å². The van der Waals surface area contributed by atoms with Crippen molar-refractivity contribution in [2.24, 2.45) is 0 Å². The molecule has 1 atom stereocenters. The summed E-state index contributed by atoms with van der Waals surface area (Å²) in [6.07, 6.45) is 3.85. The molecule has 1 aromatic heterocycles. The summed E-state index contributed by atoms with van der Waals surface area (Å²) in [5, 5.41) is 12.7. The first kappa shape index (κ1) is 17.1. The highest BCUT2D eigenvalue weighted by Gasteiger charge is 2.37. The molecule has 1 unspecified atom stereocenters. The molecule has 1 saturated carbocycles. The second-order valence-corrected chi connectivity index (χ2v) is 7.67. The number of amides is 1. The molecule has 1 heterocycles. The van der Waals surface area contributed by atoms with Crippen LogP contribution in [0.4, 0.5) is 4.39 Å². The molecule has 0 bridgehead atoms. The van der Waals surface area contributed by atoms with Gasteiger partial charge in [-0.15, -0.1) is 11.3 Å². The standard InChI is InChI=1S/C19H22FNO2S/c1-13(22)16-7-8-17(24-16)19(9-2-3-10-19)12-21-18(23)14-5-4-6-15(20)11-14/h4-8,11,13,22H,2-3,9-10,12H2,1H3,(H,21,23). The second-order valence-electron chi connectivity index (χ2n) is 6.56. The van der Waals surface area contributed by atoms with E-state index in [9.17, 15) is 14.3 Å². The van der Waals surface area contributed by atoms with Crippen LogP contribution in [0.2, 0.25) is 0 Å².